The molecule has 3 unspecified atom stereocenters. The Morgan fingerprint density at radius 2 is 1.79 bits per heavy atom. The number of ketones is 2. The summed E-state index contributed by atoms with van der Waals surface area (Å²) in [6.45, 7) is 0.610. The lowest BCUT2D eigenvalue weighted by molar-refractivity contribution is -0.127. The maximum Gasteiger partial charge on any atom is 0.255 e. The summed E-state index contributed by atoms with van der Waals surface area (Å²) in [6, 6.07) is 7.49. The van der Waals surface area contributed by atoms with E-state index in [-0.39, 0.29) is 29.1 Å². The van der Waals surface area contributed by atoms with Gasteiger partial charge in [-0.15, -0.1) is 0 Å². The number of benzene rings is 1. The highest BCUT2D eigenvalue weighted by atomic mass is 16.3. The van der Waals surface area contributed by atoms with Crippen LogP contribution in [0.2, 0.25) is 0 Å². The summed E-state index contributed by atoms with van der Waals surface area (Å²) in [6.07, 6.45) is 6.69. The monoisotopic (exact) mass is 532 g/mol. The third-order valence-electron chi connectivity index (χ3n) is 8.87. The summed E-state index contributed by atoms with van der Waals surface area (Å²) < 4.78 is 6.17. The van der Waals surface area contributed by atoms with Gasteiger partial charge >= 0.3 is 0 Å². The van der Waals surface area contributed by atoms with Crippen molar-refractivity contribution >= 4 is 23.2 Å². The molecule has 4 aliphatic carbocycles. The standard InChI is InChI=1S/C30H32N2O7/c31-30(38)26-21(34)12-15-10-14-11-19-18(22-9-6-17(39-22)13-32-16-4-2-1-3-5-16)7-8-20(33)25(19)28(36)23(14)27(35)24(15)29(26)37/h6-9,14-16,24,32-33,36-37H,1-5,10-13H2,(H2,31,38). The van der Waals surface area contributed by atoms with Crippen LogP contribution in [0.5, 0.6) is 5.75 Å². The molecule has 204 valence electrons. The number of Topliss-reactive ketones (excluding diaryl/α,β-unsaturated/α-hetero) is 2. The molecule has 1 amide bonds. The third kappa shape index (κ3) is 4.25. The Hall–Kier alpha value is -3.85. The van der Waals surface area contributed by atoms with Crippen LogP contribution in [-0.2, 0) is 27.3 Å². The molecule has 9 heteroatoms. The van der Waals surface area contributed by atoms with E-state index >= 15 is 0 Å². The number of primary amides is 1. The first-order valence-corrected chi connectivity index (χ1v) is 13.7. The van der Waals surface area contributed by atoms with Crippen molar-refractivity contribution in [2.75, 3.05) is 0 Å². The number of carbonyl (C=O) groups is 3. The van der Waals surface area contributed by atoms with Crippen molar-refractivity contribution in [1.29, 1.82) is 0 Å². The van der Waals surface area contributed by atoms with Gasteiger partial charge in [0.15, 0.2) is 11.6 Å². The van der Waals surface area contributed by atoms with Crippen LogP contribution in [0.4, 0.5) is 0 Å². The number of aromatic hydroxyl groups is 1. The first-order chi connectivity index (χ1) is 18.7. The summed E-state index contributed by atoms with van der Waals surface area (Å²) in [5.41, 5.74) is 6.38. The number of carbonyl (C=O) groups excluding carboxylic acids is 3. The van der Waals surface area contributed by atoms with Gasteiger partial charge in [-0.3, -0.25) is 14.4 Å². The van der Waals surface area contributed by atoms with Crippen LogP contribution in [0.1, 0.15) is 61.8 Å². The van der Waals surface area contributed by atoms with E-state index in [9.17, 15) is 29.7 Å². The molecule has 1 aromatic carbocycles. The molecule has 39 heavy (non-hydrogen) atoms. The highest BCUT2D eigenvalue weighted by molar-refractivity contribution is 6.21. The molecule has 6 rings (SSSR count). The fourth-order valence-electron chi connectivity index (χ4n) is 7.04. The average molecular weight is 533 g/mol. The fraction of sp³-hybridized carbons (Fsp3) is 0.433. The topological polar surface area (TPSA) is 163 Å². The summed E-state index contributed by atoms with van der Waals surface area (Å²) in [7, 11) is 0. The van der Waals surface area contributed by atoms with Gasteiger partial charge in [0.2, 0.25) is 0 Å². The van der Waals surface area contributed by atoms with Crippen LogP contribution in [0.15, 0.2) is 45.6 Å². The minimum atomic E-state index is -1.13. The number of nitrogens with one attached hydrogen (secondary N) is 1. The molecule has 6 N–H and O–H groups in total. The number of phenolic OH excluding ortho intramolecular Hbond substituents is 1. The lowest BCUT2D eigenvalue weighted by Crippen LogP contribution is -2.44. The number of fused-ring (bicyclic) bond motifs is 3. The van der Waals surface area contributed by atoms with Crippen molar-refractivity contribution < 1.29 is 34.1 Å². The summed E-state index contributed by atoms with van der Waals surface area (Å²) in [5.74, 6) is -4.03. The van der Waals surface area contributed by atoms with Crippen molar-refractivity contribution in [3.05, 3.63) is 58.1 Å². The zero-order valence-corrected chi connectivity index (χ0v) is 21.5. The normalized spacial score (nSPS) is 25.4. The van der Waals surface area contributed by atoms with Crippen LogP contribution >= 0.6 is 0 Å². The van der Waals surface area contributed by atoms with Gasteiger partial charge in [0.05, 0.1) is 18.0 Å². The molecule has 2 aromatic rings. The molecule has 0 bridgehead atoms. The van der Waals surface area contributed by atoms with Crippen LogP contribution in [0.3, 0.4) is 0 Å². The van der Waals surface area contributed by atoms with Gasteiger partial charge in [0.1, 0.15) is 34.4 Å². The lowest BCUT2D eigenvalue weighted by atomic mass is 9.61. The van der Waals surface area contributed by atoms with Gasteiger partial charge in [-0.05, 0) is 67.3 Å². The number of hydrogen-bond acceptors (Lipinski definition) is 8. The molecule has 3 atom stereocenters. The molecule has 4 aliphatic rings. The highest BCUT2D eigenvalue weighted by Gasteiger charge is 2.51. The predicted octanol–water partition coefficient (Wildman–Crippen LogP) is 3.99. The maximum absolute atomic E-state index is 13.6. The van der Waals surface area contributed by atoms with E-state index in [4.69, 9.17) is 10.2 Å². The number of aliphatic hydroxyl groups is 2. The molecule has 0 radical (unpaired) electrons. The smallest absolute Gasteiger partial charge is 0.255 e. The maximum atomic E-state index is 13.6. The number of phenols is 1. The Labute approximate surface area is 225 Å². The van der Waals surface area contributed by atoms with E-state index < -0.39 is 46.6 Å². The van der Waals surface area contributed by atoms with Crippen LogP contribution in [0, 0.1) is 17.8 Å². The molecule has 0 saturated heterocycles. The van der Waals surface area contributed by atoms with E-state index in [1.165, 1.54) is 25.3 Å². The SMILES string of the molecule is NC(=O)C1=C(O)C2C(=O)C3=C(O)c4c(O)ccc(-c5ccc(CNC6CCCCC6)o5)c4CC3CC2CC1=O. The Bertz CT molecular complexity index is 1440. The Morgan fingerprint density at radius 1 is 1.03 bits per heavy atom. The van der Waals surface area contributed by atoms with Crippen molar-refractivity contribution in [2.24, 2.45) is 23.5 Å². The number of aliphatic hydroxyl groups excluding tert-OH is 2. The Balaban J connectivity index is 1.34. The van der Waals surface area contributed by atoms with Crippen LogP contribution in [-0.4, -0.2) is 38.8 Å². The molecule has 0 spiro atoms. The Kier molecular flexibility index (Phi) is 6.33. The van der Waals surface area contributed by atoms with E-state index in [1.807, 2.05) is 12.1 Å². The number of furan rings is 1. The molecular formula is C30H32N2O7. The number of allylic oxidation sites excluding steroid dienone is 2. The van der Waals surface area contributed by atoms with Gasteiger partial charge in [0, 0.05) is 23.6 Å². The largest absolute Gasteiger partial charge is 0.511 e. The van der Waals surface area contributed by atoms with Crippen LogP contribution in [0.25, 0.3) is 17.1 Å². The fourth-order valence-corrected chi connectivity index (χ4v) is 7.04. The van der Waals surface area contributed by atoms with Crippen molar-refractivity contribution in [1.82, 2.24) is 5.32 Å². The zero-order chi connectivity index (χ0) is 27.4. The molecule has 9 nitrogen and oxygen atoms in total. The summed E-state index contributed by atoms with van der Waals surface area (Å²) >= 11 is 0. The van der Waals surface area contributed by atoms with Gasteiger partial charge in [-0.2, -0.15) is 0 Å². The van der Waals surface area contributed by atoms with Crippen molar-refractivity contribution in [3.8, 4) is 17.1 Å². The lowest BCUT2D eigenvalue weighted by Gasteiger charge is -2.41. The zero-order valence-electron chi connectivity index (χ0n) is 21.5. The number of rotatable bonds is 5. The van der Waals surface area contributed by atoms with Crippen molar-refractivity contribution in [3.63, 3.8) is 0 Å². The molecule has 2 fully saturated rings. The molecule has 2 saturated carbocycles. The van der Waals surface area contributed by atoms with Gasteiger partial charge in [-0.1, -0.05) is 19.3 Å². The predicted molar refractivity (Wildman–Crippen MR) is 141 cm³/mol. The number of hydrogen-bond donors (Lipinski definition) is 5. The van der Waals surface area contributed by atoms with Crippen molar-refractivity contribution in [2.45, 2.75) is 64.0 Å². The van der Waals surface area contributed by atoms with E-state index in [0.717, 1.165) is 18.6 Å². The Morgan fingerprint density at radius 3 is 2.54 bits per heavy atom. The van der Waals surface area contributed by atoms with E-state index in [1.54, 1.807) is 6.07 Å². The van der Waals surface area contributed by atoms with Gasteiger partial charge in [0.25, 0.3) is 5.91 Å². The second kappa shape index (κ2) is 9.72. The minimum absolute atomic E-state index is 0.0847. The first-order valence-electron chi connectivity index (χ1n) is 13.7. The molecule has 1 heterocycles. The second-order valence-electron chi connectivity index (χ2n) is 11.2. The molecule has 0 aliphatic heterocycles. The van der Waals surface area contributed by atoms with Crippen LogP contribution < -0.4 is 11.1 Å². The average Bonchev–Trinajstić information content (AvgIpc) is 3.36. The number of nitrogens with two attached hydrogens (primary N) is 1. The first kappa shape index (κ1) is 25.4. The van der Waals surface area contributed by atoms with E-state index in [2.05, 4.69) is 5.32 Å². The molecule has 1 aromatic heterocycles. The summed E-state index contributed by atoms with van der Waals surface area (Å²) in [4.78, 5) is 37.9. The second-order valence-corrected chi connectivity index (χ2v) is 11.2. The quantitative estimate of drug-likeness (QED) is 0.361. The minimum Gasteiger partial charge on any atom is -0.511 e. The highest BCUT2D eigenvalue weighted by Crippen LogP contribution is 2.51. The molecular weight excluding hydrogens is 500 g/mol. The number of amides is 1. The van der Waals surface area contributed by atoms with Gasteiger partial charge < -0.3 is 30.8 Å². The van der Waals surface area contributed by atoms with E-state index in [0.29, 0.717) is 42.3 Å². The third-order valence-corrected chi connectivity index (χ3v) is 8.87. The van der Waals surface area contributed by atoms with Gasteiger partial charge in [-0.25, -0.2) is 0 Å². The summed E-state index contributed by atoms with van der Waals surface area (Å²) in [5, 5.41) is 36.3.